The molecule has 210 valence electrons. The van der Waals surface area contributed by atoms with Gasteiger partial charge in [0, 0.05) is 54.2 Å². The molecule has 10 heteroatoms. The summed E-state index contributed by atoms with van der Waals surface area (Å²) in [7, 11) is 0. The van der Waals surface area contributed by atoms with Crippen LogP contribution >= 0.6 is 0 Å². The number of pyridine rings is 3. The van der Waals surface area contributed by atoms with Gasteiger partial charge in [-0.3, -0.25) is 14.5 Å². The molecule has 0 radical (unpaired) electrons. The first-order chi connectivity index (χ1) is 21.2. The number of piperidine rings is 1. The molecular weight excluding hydrogens is 536 g/mol. The van der Waals surface area contributed by atoms with Gasteiger partial charge in [-0.1, -0.05) is 12.1 Å². The Balaban J connectivity index is 1.17. The van der Waals surface area contributed by atoms with Crippen LogP contribution in [0, 0.1) is 11.3 Å². The number of hydrogen-bond acceptors (Lipinski definition) is 9. The summed E-state index contributed by atoms with van der Waals surface area (Å²) < 4.78 is 2.05. The van der Waals surface area contributed by atoms with Crippen LogP contribution in [0.25, 0.3) is 39.5 Å². The third kappa shape index (κ3) is 5.29. The molecule has 1 aliphatic heterocycles. The van der Waals surface area contributed by atoms with Crippen LogP contribution in [0.3, 0.4) is 0 Å². The third-order valence-corrected chi connectivity index (χ3v) is 7.92. The molecule has 10 nitrogen and oxygen atoms in total. The lowest BCUT2D eigenvalue weighted by Gasteiger charge is -2.31. The first-order valence-corrected chi connectivity index (χ1v) is 14.2. The van der Waals surface area contributed by atoms with Crippen molar-refractivity contribution < 1.29 is 0 Å². The van der Waals surface area contributed by atoms with E-state index < -0.39 is 0 Å². The SMILES string of the molecule is N#Cc1nccc(C2CCN(Cc3ccc(-n4c(-c5cccnc5N)nc5ccc(-c6cccnc6)nc54)cc3)CC2)n1. The van der Waals surface area contributed by atoms with E-state index in [1.54, 1.807) is 18.6 Å². The number of aromatic nitrogens is 7. The van der Waals surface area contributed by atoms with Crippen LogP contribution in [-0.4, -0.2) is 52.5 Å². The Hall–Kier alpha value is -5.53. The predicted molar refractivity (Wildman–Crippen MR) is 164 cm³/mol. The Kier molecular flexibility index (Phi) is 6.99. The van der Waals surface area contributed by atoms with Crippen molar-refractivity contribution in [3.8, 4) is 34.4 Å². The molecule has 0 spiro atoms. The van der Waals surface area contributed by atoms with Crippen LogP contribution < -0.4 is 5.73 Å². The summed E-state index contributed by atoms with van der Waals surface area (Å²) in [6.07, 6.45) is 8.93. The largest absolute Gasteiger partial charge is 0.383 e. The second-order valence-corrected chi connectivity index (χ2v) is 10.6. The zero-order chi connectivity index (χ0) is 29.2. The molecule has 6 aromatic rings. The normalized spacial score (nSPS) is 14.1. The van der Waals surface area contributed by atoms with E-state index in [1.165, 1.54) is 5.56 Å². The fraction of sp³-hybridized carbons (Fsp3) is 0.182. The molecule has 0 amide bonds. The lowest BCUT2D eigenvalue weighted by molar-refractivity contribution is 0.203. The van der Waals surface area contributed by atoms with Crippen LogP contribution in [0.15, 0.2) is 91.5 Å². The predicted octanol–water partition coefficient (Wildman–Crippen LogP) is 5.17. The fourth-order valence-corrected chi connectivity index (χ4v) is 5.71. The highest BCUT2D eigenvalue weighted by atomic mass is 15.1. The highest BCUT2D eigenvalue weighted by Gasteiger charge is 2.23. The number of rotatable bonds is 6. The van der Waals surface area contributed by atoms with E-state index in [2.05, 4.69) is 53.7 Å². The van der Waals surface area contributed by atoms with E-state index in [-0.39, 0.29) is 5.82 Å². The summed E-state index contributed by atoms with van der Waals surface area (Å²) in [4.78, 5) is 29.4. The number of nitriles is 1. The highest BCUT2D eigenvalue weighted by molar-refractivity contribution is 5.84. The average Bonchev–Trinajstić information content (AvgIpc) is 3.44. The van der Waals surface area contributed by atoms with Gasteiger partial charge in [-0.05, 0) is 86.1 Å². The van der Waals surface area contributed by atoms with Crippen molar-refractivity contribution in [1.82, 2.24) is 39.4 Å². The first-order valence-electron chi connectivity index (χ1n) is 14.2. The van der Waals surface area contributed by atoms with Crippen LogP contribution in [0.2, 0.25) is 0 Å². The molecular formula is C33H28N10. The summed E-state index contributed by atoms with van der Waals surface area (Å²) in [6.45, 7) is 2.79. The number of likely N-dealkylation sites (tertiary alicyclic amines) is 1. The lowest BCUT2D eigenvalue weighted by Crippen LogP contribution is -2.32. The summed E-state index contributed by atoms with van der Waals surface area (Å²) in [6, 6.07) is 24.2. The lowest BCUT2D eigenvalue weighted by atomic mass is 9.93. The van der Waals surface area contributed by atoms with Crippen LogP contribution in [0.5, 0.6) is 0 Å². The smallest absolute Gasteiger partial charge is 0.232 e. The number of nitrogens with two attached hydrogens (primary N) is 1. The number of nitrogen functional groups attached to an aromatic ring is 1. The van der Waals surface area contributed by atoms with Gasteiger partial charge in [0.25, 0.3) is 0 Å². The number of hydrogen-bond donors (Lipinski definition) is 1. The summed E-state index contributed by atoms with van der Waals surface area (Å²) >= 11 is 0. The molecule has 6 heterocycles. The zero-order valence-corrected chi connectivity index (χ0v) is 23.4. The van der Waals surface area contributed by atoms with Crippen molar-refractivity contribution in [3.05, 3.63) is 109 Å². The molecule has 1 aliphatic rings. The van der Waals surface area contributed by atoms with Crippen molar-refractivity contribution in [2.75, 3.05) is 18.8 Å². The molecule has 0 bridgehead atoms. The van der Waals surface area contributed by atoms with E-state index in [9.17, 15) is 0 Å². The number of nitrogens with zero attached hydrogens (tertiary/aromatic N) is 9. The number of fused-ring (bicyclic) bond motifs is 1. The van der Waals surface area contributed by atoms with Crippen molar-refractivity contribution in [2.24, 2.45) is 0 Å². The molecule has 1 aromatic carbocycles. The highest BCUT2D eigenvalue weighted by Crippen LogP contribution is 2.32. The number of benzene rings is 1. The summed E-state index contributed by atoms with van der Waals surface area (Å²) in [5, 5.41) is 9.14. The Labute approximate surface area is 248 Å². The molecule has 43 heavy (non-hydrogen) atoms. The average molecular weight is 565 g/mol. The minimum absolute atomic E-state index is 0.239. The van der Waals surface area contributed by atoms with E-state index >= 15 is 0 Å². The van der Waals surface area contributed by atoms with E-state index in [0.717, 1.165) is 71.8 Å². The van der Waals surface area contributed by atoms with Gasteiger partial charge in [0.05, 0.1) is 11.3 Å². The number of imidazole rings is 1. The van der Waals surface area contributed by atoms with Gasteiger partial charge in [0.1, 0.15) is 17.4 Å². The standard InChI is InChI=1S/C33H28N10/c34-19-30-37-16-11-28(39-30)23-12-17-42(18-13-23)21-22-5-7-25(8-6-22)43-32(26-4-2-15-38-31(26)35)41-29-10-9-27(40-33(29)43)24-3-1-14-36-20-24/h1-11,14-16,20,23H,12-13,17-18,21H2,(H2,35,38). The third-order valence-electron chi connectivity index (χ3n) is 7.92. The monoisotopic (exact) mass is 564 g/mol. The molecule has 1 saturated heterocycles. The molecule has 5 aromatic heterocycles. The van der Waals surface area contributed by atoms with Crippen LogP contribution in [-0.2, 0) is 6.54 Å². The number of anilines is 1. The van der Waals surface area contributed by atoms with Crippen molar-refractivity contribution in [2.45, 2.75) is 25.3 Å². The molecule has 0 unspecified atom stereocenters. The van der Waals surface area contributed by atoms with Crippen molar-refractivity contribution >= 4 is 17.0 Å². The molecule has 1 fully saturated rings. The molecule has 0 saturated carbocycles. The Morgan fingerprint density at radius 2 is 1.70 bits per heavy atom. The van der Waals surface area contributed by atoms with E-state index in [4.69, 9.17) is 21.0 Å². The minimum Gasteiger partial charge on any atom is -0.383 e. The topological polar surface area (TPSA) is 135 Å². The first kappa shape index (κ1) is 26.4. The maximum atomic E-state index is 9.14. The Bertz CT molecular complexity index is 1940. The van der Waals surface area contributed by atoms with Gasteiger partial charge in [-0.25, -0.2) is 24.9 Å². The zero-order valence-electron chi connectivity index (χ0n) is 23.4. The van der Waals surface area contributed by atoms with Gasteiger partial charge in [0.2, 0.25) is 5.82 Å². The Morgan fingerprint density at radius 3 is 2.47 bits per heavy atom. The van der Waals surface area contributed by atoms with Crippen LogP contribution in [0.1, 0.15) is 35.8 Å². The van der Waals surface area contributed by atoms with Crippen LogP contribution in [0.4, 0.5) is 5.82 Å². The minimum atomic E-state index is 0.239. The van der Waals surface area contributed by atoms with Gasteiger partial charge in [0.15, 0.2) is 11.5 Å². The maximum Gasteiger partial charge on any atom is 0.232 e. The van der Waals surface area contributed by atoms with Crippen molar-refractivity contribution in [3.63, 3.8) is 0 Å². The van der Waals surface area contributed by atoms with E-state index in [1.807, 2.05) is 54.7 Å². The second-order valence-electron chi connectivity index (χ2n) is 10.6. The van der Waals surface area contributed by atoms with Gasteiger partial charge < -0.3 is 5.73 Å². The quantitative estimate of drug-likeness (QED) is 0.291. The molecule has 0 aliphatic carbocycles. The van der Waals surface area contributed by atoms with Gasteiger partial charge in [-0.15, -0.1) is 0 Å². The van der Waals surface area contributed by atoms with Gasteiger partial charge in [-0.2, -0.15) is 5.26 Å². The maximum absolute atomic E-state index is 9.14. The molecule has 2 N–H and O–H groups in total. The molecule has 7 rings (SSSR count). The van der Waals surface area contributed by atoms with E-state index in [0.29, 0.717) is 17.6 Å². The molecule has 0 atom stereocenters. The Morgan fingerprint density at radius 1 is 0.860 bits per heavy atom. The van der Waals surface area contributed by atoms with Gasteiger partial charge >= 0.3 is 0 Å². The van der Waals surface area contributed by atoms with Crippen molar-refractivity contribution in [1.29, 1.82) is 5.26 Å². The summed E-state index contributed by atoms with van der Waals surface area (Å²) in [5.74, 6) is 1.70. The second kappa shape index (κ2) is 11.4. The fourth-order valence-electron chi connectivity index (χ4n) is 5.71. The summed E-state index contributed by atoms with van der Waals surface area (Å²) in [5.41, 5.74) is 13.5.